The number of fused-ring (bicyclic) bond motifs is 3. The second-order valence-corrected chi connectivity index (χ2v) is 4.57. The van der Waals surface area contributed by atoms with Crippen LogP contribution in [0.2, 0.25) is 0 Å². The fraction of sp³-hybridized carbons (Fsp3) is 0.231. The number of aromatic hydroxyl groups is 2. The van der Waals surface area contributed by atoms with Crippen LogP contribution in [0.15, 0.2) is 24.3 Å². The molecule has 0 fully saturated rings. The number of hydrogen-bond donors (Lipinski definition) is 2. The number of rotatable bonds is 1. The van der Waals surface area contributed by atoms with Crippen LogP contribution in [0.25, 0.3) is 21.8 Å². The first-order valence-electron chi connectivity index (χ1n) is 5.78. The van der Waals surface area contributed by atoms with Crippen molar-refractivity contribution >= 4 is 21.8 Å². The molecule has 3 rings (SSSR count). The van der Waals surface area contributed by atoms with Crippen LogP contribution in [-0.4, -0.2) is 25.2 Å². The summed E-state index contributed by atoms with van der Waals surface area (Å²) < 4.78 is 1.75. The fourth-order valence-corrected chi connectivity index (χ4v) is 2.20. The molecule has 92 valence electrons. The van der Waals surface area contributed by atoms with E-state index in [-0.39, 0.29) is 17.5 Å². The second-order valence-electron chi connectivity index (χ2n) is 4.57. The highest BCUT2D eigenvalue weighted by Crippen LogP contribution is 2.41. The van der Waals surface area contributed by atoms with Crippen LogP contribution in [0.4, 0.5) is 0 Å². The van der Waals surface area contributed by atoms with Crippen molar-refractivity contribution in [2.75, 3.05) is 0 Å². The molecule has 1 heterocycles. The van der Waals surface area contributed by atoms with Gasteiger partial charge in [-0.2, -0.15) is 0 Å². The summed E-state index contributed by atoms with van der Waals surface area (Å²) in [6.07, 6.45) is 0. The monoisotopic (exact) mass is 243 g/mol. The average molecular weight is 243 g/mol. The third-order valence-corrected chi connectivity index (χ3v) is 3.07. The minimum Gasteiger partial charge on any atom is -0.504 e. The van der Waals surface area contributed by atoms with Crippen LogP contribution >= 0.6 is 0 Å². The van der Waals surface area contributed by atoms with Gasteiger partial charge in [0.05, 0.1) is 0 Å². The van der Waals surface area contributed by atoms with Gasteiger partial charge < -0.3 is 10.2 Å². The first kappa shape index (κ1) is 10.8. The van der Waals surface area contributed by atoms with E-state index in [9.17, 15) is 10.2 Å². The van der Waals surface area contributed by atoms with Gasteiger partial charge in [-0.1, -0.05) is 29.5 Å². The predicted octanol–water partition coefficient (Wildman–Crippen LogP) is 2.58. The maximum atomic E-state index is 9.99. The highest BCUT2D eigenvalue weighted by molar-refractivity contribution is 6.10. The van der Waals surface area contributed by atoms with E-state index in [1.807, 2.05) is 32.0 Å². The SMILES string of the molecule is CC(C)n1nnc2c(O)c(O)c3ccccc3c21. The van der Waals surface area contributed by atoms with E-state index in [1.165, 1.54) is 0 Å². The average Bonchev–Trinajstić information content (AvgIpc) is 2.81. The van der Waals surface area contributed by atoms with Crippen LogP contribution in [0.5, 0.6) is 11.5 Å². The number of phenolic OH excluding ortho intramolecular Hbond substituents is 2. The van der Waals surface area contributed by atoms with Gasteiger partial charge in [0.2, 0.25) is 0 Å². The number of phenols is 2. The highest BCUT2D eigenvalue weighted by Gasteiger charge is 2.19. The molecule has 3 aromatic rings. The zero-order chi connectivity index (χ0) is 12.9. The fourth-order valence-electron chi connectivity index (χ4n) is 2.20. The minimum atomic E-state index is -0.212. The molecule has 0 atom stereocenters. The molecule has 0 aliphatic carbocycles. The third kappa shape index (κ3) is 1.27. The highest BCUT2D eigenvalue weighted by atomic mass is 16.3. The van der Waals surface area contributed by atoms with Crippen molar-refractivity contribution in [2.45, 2.75) is 19.9 Å². The van der Waals surface area contributed by atoms with Gasteiger partial charge in [-0.3, -0.25) is 0 Å². The van der Waals surface area contributed by atoms with Gasteiger partial charge in [-0.05, 0) is 13.8 Å². The van der Waals surface area contributed by atoms with Crippen molar-refractivity contribution in [3.05, 3.63) is 24.3 Å². The molecule has 1 aromatic heterocycles. The number of nitrogens with zero attached hydrogens (tertiary/aromatic N) is 3. The van der Waals surface area contributed by atoms with Gasteiger partial charge in [0, 0.05) is 16.8 Å². The molecule has 5 heteroatoms. The molecular weight excluding hydrogens is 230 g/mol. The van der Waals surface area contributed by atoms with Crippen molar-refractivity contribution in [1.82, 2.24) is 15.0 Å². The standard InChI is InChI=1S/C13H13N3O2/c1-7(2)16-11-8-5-3-4-6-9(8)12(17)13(18)10(11)14-15-16/h3-7,17-18H,1-2H3. The van der Waals surface area contributed by atoms with Crippen molar-refractivity contribution in [3.8, 4) is 11.5 Å². The molecule has 0 aliphatic rings. The van der Waals surface area contributed by atoms with Gasteiger partial charge >= 0.3 is 0 Å². The summed E-state index contributed by atoms with van der Waals surface area (Å²) >= 11 is 0. The summed E-state index contributed by atoms with van der Waals surface area (Å²) in [5, 5.41) is 29.4. The first-order valence-corrected chi connectivity index (χ1v) is 5.78. The zero-order valence-electron chi connectivity index (χ0n) is 10.1. The molecule has 0 unspecified atom stereocenters. The maximum absolute atomic E-state index is 9.99. The van der Waals surface area contributed by atoms with E-state index in [0.717, 1.165) is 10.9 Å². The van der Waals surface area contributed by atoms with E-state index >= 15 is 0 Å². The largest absolute Gasteiger partial charge is 0.504 e. The molecule has 0 radical (unpaired) electrons. The Labute approximate surface area is 103 Å². The second kappa shape index (κ2) is 3.60. The Morgan fingerprint density at radius 3 is 2.39 bits per heavy atom. The summed E-state index contributed by atoms with van der Waals surface area (Å²) in [7, 11) is 0. The lowest BCUT2D eigenvalue weighted by atomic mass is 10.1. The Morgan fingerprint density at radius 1 is 1.06 bits per heavy atom. The first-order chi connectivity index (χ1) is 8.61. The number of hydrogen-bond acceptors (Lipinski definition) is 4. The van der Waals surface area contributed by atoms with Crippen molar-refractivity contribution in [2.24, 2.45) is 0 Å². The van der Waals surface area contributed by atoms with Gasteiger partial charge in [0.15, 0.2) is 17.0 Å². The molecule has 0 aliphatic heterocycles. The Hall–Kier alpha value is -2.30. The van der Waals surface area contributed by atoms with E-state index in [1.54, 1.807) is 10.7 Å². The summed E-state index contributed by atoms with van der Waals surface area (Å²) in [6, 6.07) is 7.48. The van der Waals surface area contributed by atoms with Gasteiger partial charge in [0.1, 0.15) is 5.52 Å². The topological polar surface area (TPSA) is 71.2 Å². The van der Waals surface area contributed by atoms with Crippen molar-refractivity contribution in [3.63, 3.8) is 0 Å². The lowest BCUT2D eigenvalue weighted by molar-refractivity contribution is 0.411. The molecule has 0 saturated heterocycles. The Morgan fingerprint density at radius 2 is 1.72 bits per heavy atom. The Kier molecular flexibility index (Phi) is 2.16. The van der Waals surface area contributed by atoms with Gasteiger partial charge in [-0.25, -0.2) is 4.68 Å². The Balaban J connectivity index is 2.61. The van der Waals surface area contributed by atoms with Crippen LogP contribution in [0, 0.1) is 0 Å². The third-order valence-electron chi connectivity index (χ3n) is 3.07. The molecule has 2 aromatic carbocycles. The lowest BCUT2D eigenvalue weighted by Crippen LogP contribution is -2.02. The quantitative estimate of drug-likeness (QED) is 0.644. The van der Waals surface area contributed by atoms with Crippen LogP contribution < -0.4 is 0 Å². The van der Waals surface area contributed by atoms with E-state index in [2.05, 4.69) is 10.3 Å². The molecule has 0 saturated carbocycles. The van der Waals surface area contributed by atoms with E-state index < -0.39 is 0 Å². The Bertz CT molecular complexity index is 747. The zero-order valence-corrected chi connectivity index (χ0v) is 10.1. The molecule has 0 spiro atoms. The summed E-state index contributed by atoms with van der Waals surface area (Å²) in [5.74, 6) is -0.357. The molecule has 18 heavy (non-hydrogen) atoms. The van der Waals surface area contributed by atoms with E-state index in [4.69, 9.17) is 0 Å². The molecule has 0 amide bonds. The minimum absolute atomic E-state index is 0.127. The molecule has 5 nitrogen and oxygen atoms in total. The van der Waals surface area contributed by atoms with Crippen LogP contribution in [0.1, 0.15) is 19.9 Å². The van der Waals surface area contributed by atoms with Gasteiger partial charge in [0.25, 0.3) is 0 Å². The van der Waals surface area contributed by atoms with E-state index in [0.29, 0.717) is 10.9 Å². The smallest absolute Gasteiger partial charge is 0.188 e. The lowest BCUT2D eigenvalue weighted by Gasteiger charge is -2.09. The maximum Gasteiger partial charge on any atom is 0.188 e. The number of aromatic nitrogens is 3. The van der Waals surface area contributed by atoms with Crippen molar-refractivity contribution < 1.29 is 10.2 Å². The van der Waals surface area contributed by atoms with Crippen LogP contribution in [0.3, 0.4) is 0 Å². The number of benzene rings is 2. The van der Waals surface area contributed by atoms with Gasteiger partial charge in [-0.15, -0.1) is 5.10 Å². The predicted molar refractivity (Wildman–Crippen MR) is 68.7 cm³/mol. The summed E-state index contributed by atoms with van der Waals surface area (Å²) in [6.45, 7) is 3.99. The molecule has 0 bridgehead atoms. The molecular formula is C13H13N3O2. The van der Waals surface area contributed by atoms with Crippen molar-refractivity contribution in [1.29, 1.82) is 0 Å². The normalized spacial score (nSPS) is 11.7. The van der Waals surface area contributed by atoms with Crippen LogP contribution in [-0.2, 0) is 0 Å². The summed E-state index contributed by atoms with van der Waals surface area (Å²) in [5.41, 5.74) is 1.08. The molecule has 2 N–H and O–H groups in total. The summed E-state index contributed by atoms with van der Waals surface area (Å²) in [4.78, 5) is 0.